The van der Waals surface area contributed by atoms with Crippen LogP contribution in [0.4, 0.5) is 4.39 Å². The minimum absolute atomic E-state index is 0.239. The van der Waals surface area contributed by atoms with E-state index in [2.05, 4.69) is 27.2 Å². The molecule has 1 atom stereocenters. The van der Waals surface area contributed by atoms with Crippen molar-refractivity contribution in [2.24, 2.45) is 0 Å². The molecular formula is C23H30FN3O2. The van der Waals surface area contributed by atoms with Gasteiger partial charge in [-0.15, -0.1) is 0 Å². The lowest BCUT2D eigenvalue weighted by Crippen LogP contribution is -2.49. The number of halogens is 1. The number of nitrogens with zero attached hydrogens (tertiary/aromatic N) is 2. The van der Waals surface area contributed by atoms with Gasteiger partial charge in [0.2, 0.25) is 0 Å². The highest BCUT2D eigenvalue weighted by molar-refractivity contribution is 5.43. The molecule has 0 radical (unpaired) electrons. The van der Waals surface area contributed by atoms with Crippen LogP contribution in [0.5, 0.6) is 11.5 Å². The average molecular weight is 400 g/mol. The fourth-order valence-electron chi connectivity index (χ4n) is 4.23. The van der Waals surface area contributed by atoms with Crippen LogP contribution in [0.15, 0.2) is 42.5 Å². The van der Waals surface area contributed by atoms with Gasteiger partial charge in [-0.25, -0.2) is 4.39 Å². The standard InChI is InChI=1S/C23H30FN3O2/c1-28-23-14-19(4-7-22(23)29-17-18-2-5-20(24)6-3-18)15-26-11-8-21(16-26)27-12-9-25-10-13-27/h2-7,14,21,25H,8-13,15-17H2,1H3. The first-order chi connectivity index (χ1) is 14.2. The van der Waals surface area contributed by atoms with E-state index in [1.54, 1.807) is 19.2 Å². The molecule has 1 N–H and O–H groups in total. The highest BCUT2D eigenvalue weighted by atomic mass is 19.1. The Hall–Kier alpha value is -2.15. The number of hydrogen-bond donors (Lipinski definition) is 1. The summed E-state index contributed by atoms with van der Waals surface area (Å²) in [4.78, 5) is 5.16. The van der Waals surface area contributed by atoms with Gasteiger partial charge in [0.1, 0.15) is 12.4 Å². The molecule has 5 nitrogen and oxygen atoms in total. The molecule has 4 rings (SSSR count). The Bertz CT molecular complexity index is 793. The molecule has 0 spiro atoms. The number of likely N-dealkylation sites (tertiary alicyclic amines) is 1. The van der Waals surface area contributed by atoms with Crippen LogP contribution in [0, 0.1) is 5.82 Å². The molecule has 0 bridgehead atoms. The van der Waals surface area contributed by atoms with Gasteiger partial charge in [0, 0.05) is 51.9 Å². The van der Waals surface area contributed by atoms with Crippen molar-refractivity contribution in [1.29, 1.82) is 0 Å². The fourth-order valence-corrected chi connectivity index (χ4v) is 4.23. The Balaban J connectivity index is 1.33. The molecule has 2 aromatic rings. The highest BCUT2D eigenvalue weighted by Gasteiger charge is 2.28. The summed E-state index contributed by atoms with van der Waals surface area (Å²) in [5.74, 6) is 1.21. The summed E-state index contributed by atoms with van der Waals surface area (Å²) in [6.45, 7) is 8.11. The Morgan fingerprint density at radius 3 is 2.52 bits per heavy atom. The van der Waals surface area contributed by atoms with E-state index in [1.807, 2.05) is 6.07 Å². The van der Waals surface area contributed by atoms with Crippen molar-refractivity contribution in [3.8, 4) is 11.5 Å². The molecule has 2 heterocycles. The van der Waals surface area contributed by atoms with Gasteiger partial charge < -0.3 is 14.8 Å². The van der Waals surface area contributed by atoms with Gasteiger partial charge in [0.25, 0.3) is 0 Å². The Kier molecular flexibility index (Phi) is 6.64. The second-order valence-electron chi connectivity index (χ2n) is 7.86. The lowest BCUT2D eigenvalue weighted by Gasteiger charge is -2.32. The van der Waals surface area contributed by atoms with Crippen LogP contribution in [0.25, 0.3) is 0 Å². The summed E-state index contributed by atoms with van der Waals surface area (Å²) in [6, 6.07) is 13.2. The summed E-state index contributed by atoms with van der Waals surface area (Å²) in [5.41, 5.74) is 2.16. The first-order valence-corrected chi connectivity index (χ1v) is 10.4. The molecule has 0 amide bonds. The zero-order chi connectivity index (χ0) is 20.1. The predicted molar refractivity (Wildman–Crippen MR) is 112 cm³/mol. The summed E-state index contributed by atoms with van der Waals surface area (Å²) in [5, 5.41) is 3.43. The summed E-state index contributed by atoms with van der Waals surface area (Å²) in [7, 11) is 1.67. The molecule has 6 heteroatoms. The number of nitrogens with one attached hydrogen (secondary N) is 1. The van der Waals surface area contributed by atoms with Crippen LogP contribution in [0.2, 0.25) is 0 Å². The van der Waals surface area contributed by atoms with E-state index in [0.29, 0.717) is 18.4 Å². The molecule has 1 unspecified atom stereocenters. The topological polar surface area (TPSA) is 37.0 Å². The van der Waals surface area contributed by atoms with Crippen LogP contribution in [-0.4, -0.2) is 62.2 Å². The normalized spacial score (nSPS) is 20.7. The third-order valence-electron chi connectivity index (χ3n) is 5.86. The first kappa shape index (κ1) is 20.1. The predicted octanol–water partition coefficient (Wildman–Crippen LogP) is 2.89. The highest BCUT2D eigenvalue weighted by Crippen LogP contribution is 2.30. The van der Waals surface area contributed by atoms with Crippen LogP contribution < -0.4 is 14.8 Å². The maximum Gasteiger partial charge on any atom is 0.161 e. The van der Waals surface area contributed by atoms with Crippen LogP contribution >= 0.6 is 0 Å². The van der Waals surface area contributed by atoms with E-state index >= 15 is 0 Å². The molecule has 29 heavy (non-hydrogen) atoms. The van der Waals surface area contributed by atoms with Gasteiger partial charge in [0.05, 0.1) is 7.11 Å². The van der Waals surface area contributed by atoms with Gasteiger partial charge >= 0.3 is 0 Å². The van der Waals surface area contributed by atoms with E-state index in [1.165, 1.54) is 24.1 Å². The van der Waals surface area contributed by atoms with Crippen LogP contribution in [-0.2, 0) is 13.2 Å². The smallest absolute Gasteiger partial charge is 0.161 e. The maximum absolute atomic E-state index is 13.0. The molecule has 2 saturated heterocycles. The van der Waals surface area contributed by atoms with Crippen molar-refractivity contribution in [1.82, 2.24) is 15.1 Å². The monoisotopic (exact) mass is 399 g/mol. The number of methoxy groups -OCH3 is 1. The van der Waals surface area contributed by atoms with Crippen molar-refractivity contribution in [2.75, 3.05) is 46.4 Å². The average Bonchev–Trinajstić information content (AvgIpc) is 3.23. The fraction of sp³-hybridized carbons (Fsp3) is 0.478. The number of rotatable bonds is 7. The third kappa shape index (κ3) is 5.26. The van der Waals surface area contributed by atoms with Crippen molar-refractivity contribution in [2.45, 2.75) is 25.6 Å². The summed E-state index contributed by atoms with van der Waals surface area (Å²) < 4.78 is 24.5. The van der Waals surface area contributed by atoms with Gasteiger partial charge in [-0.05, 0) is 41.8 Å². The van der Waals surface area contributed by atoms with E-state index in [9.17, 15) is 4.39 Å². The summed E-state index contributed by atoms with van der Waals surface area (Å²) in [6.07, 6.45) is 1.25. The maximum atomic E-state index is 13.0. The summed E-state index contributed by atoms with van der Waals surface area (Å²) >= 11 is 0. The molecule has 0 saturated carbocycles. The van der Waals surface area contributed by atoms with Crippen LogP contribution in [0.3, 0.4) is 0 Å². The number of benzene rings is 2. The van der Waals surface area contributed by atoms with Gasteiger partial charge in [-0.1, -0.05) is 18.2 Å². The van der Waals surface area contributed by atoms with E-state index in [4.69, 9.17) is 9.47 Å². The largest absolute Gasteiger partial charge is 0.493 e. The van der Waals surface area contributed by atoms with E-state index in [-0.39, 0.29) is 5.82 Å². The molecule has 156 valence electrons. The first-order valence-electron chi connectivity index (χ1n) is 10.4. The minimum atomic E-state index is -0.239. The third-order valence-corrected chi connectivity index (χ3v) is 5.86. The molecule has 0 aliphatic carbocycles. The van der Waals surface area contributed by atoms with Crippen molar-refractivity contribution >= 4 is 0 Å². The van der Waals surface area contributed by atoms with E-state index in [0.717, 1.165) is 57.1 Å². The quantitative estimate of drug-likeness (QED) is 0.775. The molecule has 2 fully saturated rings. The van der Waals surface area contributed by atoms with Crippen molar-refractivity contribution < 1.29 is 13.9 Å². The van der Waals surface area contributed by atoms with Gasteiger partial charge in [0.15, 0.2) is 11.5 Å². The zero-order valence-electron chi connectivity index (χ0n) is 17.1. The minimum Gasteiger partial charge on any atom is -0.493 e. The van der Waals surface area contributed by atoms with Crippen molar-refractivity contribution in [3.63, 3.8) is 0 Å². The zero-order valence-corrected chi connectivity index (χ0v) is 17.1. The second-order valence-corrected chi connectivity index (χ2v) is 7.86. The van der Waals surface area contributed by atoms with Crippen molar-refractivity contribution in [3.05, 3.63) is 59.4 Å². The lowest BCUT2D eigenvalue weighted by molar-refractivity contribution is 0.170. The lowest BCUT2D eigenvalue weighted by atomic mass is 10.2. The second kappa shape index (κ2) is 9.57. The van der Waals surface area contributed by atoms with Crippen LogP contribution in [0.1, 0.15) is 17.5 Å². The molecule has 0 aromatic heterocycles. The SMILES string of the molecule is COc1cc(CN2CCC(N3CCNCC3)C2)ccc1OCc1ccc(F)cc1. The number of piperazine rings is 1. The Labute approximate surface area is 172 Å². The van der Waals surface area contributed by atoms with Gasteiger partial charge in [-0.3, -0.25) is 9.80 Å². The molecular weight excluding hydrogens is 369 g/mol. The van der Waals surface area contributed by atoms with E-state index < -0.39 is 0 Å². The number of ether oxygens (including phenoxy) is 2. The van der Waals surface area contributed by atoms with Gasteiger partial charge in [-0.2, -0.15) is 0 Å². The molecule has 2 aromatic carbocycles. The number of hydrogen-bond acceptors (Lipinski definition) is 5. The molecule has 2 aliphatic heterocycles. The Morgan fingerprint density at radius 2 is 1.76 bits per heavy atom. The molecule has 2 aliphatic rings. The Morgan fingerprint density at radius 1 is 1.00 bits per heavy atom.